The van der Waals surface area contributed by atoms with Crippen LogP contribution >= 0.6 is 0 Å². The number of aromatic nitrogens is 5. The van der Waals surface area contributed by atoms with Crippen LogP contribution in [0.4, 0.5) is 0 Å². The largest absolute Gasteiger partial charge is 0.465 e. The molecular formula is C22H19N5O3. The van der Waals surface area contributed by atoms with Gasteiger partial charge in [-0.3, -0.25) is 4.98 Å². The maximum atomic E-state index is 12.9. The summed E-state index contributed by atoms with van der Waals surface area (Å²) in [6, 6.07) is 16.7. The van der Waals surface area contributed by atoms with Crippen LogP contribution in [0.2, 0.25) is 0 Å². The molecule has 8 nitrogen and oxygen atoms in total. The van der Waals surface area contributed by atoms with E-state index in [9.17, 15) is 4.79 Å². The van der Waals surface area contributed by atoms with Gasteiger partial charge < -0.3 is 9.15 Å². The molecule has 0 saturated carbocycles. The molecule has 0 aliphatic heterocycles. The van der Waals surface area contributed by atoms with Crippen LogP contribution in [-0.2, 0) is 16.0 Å². The minimum atomic E-state index is -0.536. The zero-order valence-corrected chi connectivity index (χ0v) is 16.1. The number of carbonyl (C=O) groups excluding carboxylic acids is 1. The lowest BCUT2D eigenvalue weighted by molar-refractivity contribution is -0.137. The van der Waals surface area contributed by atoms with Crippen LogP contribution in [0.25, 0.3) is 23.2 Å². The zero-order valence-electron chi connectivity index (χ0n) is 16.1. The van der Waals surface area contributed by atoms with E-state index in [1.54, 1.807) is 30.6 Å². The Hall–Kier alpha value is -4.07. The van der Waals surface area contributed by atoms with E-state index >= 15 is 0 Å². The smallest absolute Gasteiger partial charge is 0.357 e. The molecule has 0 saturated heterocycles. The molecule has 8 heteroatoms. The first kappa shape index (κ1) is 19.3. The number of benzene rings is 1. The zero-order chi connectivity index (χ0) is 20.6. The number of aryl methyl sites for hydroxylation is 1. The summed E-state index contributed by atoms with van der Waals surface area (Å²) < 4.78 is 12.2. The van der Waals surface area contributed by atoms with Gasteiger partial charge in [0.2, 0.25) is 0 Å². The summed E-state index contributed by atoms with van der Waals surface area (Å²) in [5, 5.41) is 11.8. The van der Waals surface area contributed by atoms with Crippen LogP contribution < -0.4 is 0 Å². The fourth-order valence-corrected chi connectivity index (χ4v) is 2.90. The number of carbonyl (C=O) groups is 1. The van der Waals surface area contributed by atoms with Crippen molar-refractivity contribution in [2.24, 2.45) is 0 Å². The minimum Gasteiger partial charge on any atom is -0.465 e. The second-order valence-electron chi connectivity index (χ2n) is 6.42. The van der Waals surface area contributed by atoms with Gasteiger partial charge in [0.1, 0.15) is 5.76 Å². The first-order valence-corrected chi connectivity index (χ1v) is 9.46. The maximum Gasteiger partial charge on any atom is 0.357 e. The Morgan fingerprint density at radius 1 is 1.07 bits per heavy atom. The molecule has 0 atom stereocenters. The van der Waals surface area contributed by atoms with E-state index in [2.05, 4.69) is 20.5 Å². The normalized spacial score (nSPS) is 11.4. The fraction of sp³-hybridized carbons (Fsp3) is 0.136. The Morgan fingerprint density at radius 2 is 1.90 bits per heavy atom. The molecule has 3 aromatic heterocycles. The van der Waals surface area contributed by atoms with E-state index in [0.717, 1.165) is 17.5 Å². The maximum absolute atomic E-state index is 12.9. The molecule has 0 fully saturated rings. The fourth-order valence-electron chi connectivity index (χ4n) is 2.90. The molecule has 1 aromatic carbocycles. The number of pyridine rings is 1. The quantitative estimate of drug-likeness (QED) is 0.253. The van der Waals surface area contributed by atoms with E-state index in [4.69, 9.17) is 9.15 Å². The van der Waals surface area contributed by atoms with Gasteiger partial charge in [-0.25, -0.2) is 4.79 Å². The third kappa shape index (κ3) is 4.67. The molecule has 0 aliphatic carbocycles. The highest BCUT2D eigenvalue weighted by Gasteiger charge is 2.21. The van der Waals surface area contributed by atoms with Crippen LogP contribution in [-0.4, -0.2) is 37.8 Å². The van der Waals surface area contributed by atoms with Gasteiger partial charge in [-0.15, -0.1) is 5.10 Å². The number of furan rings is 1. The van der Waals surface area contributed by atoms with Crippen LogP contribution in [0.15, 0.2) is 77.7 Å². The molecule has 0 radical (unpaired) electrons. The van der Waals surface area contributed by atoms with E-state index in [-0.39, 0.29) is 12.3 Å². The third-order valence-electron chi connectivity index (χ3n) is 4.35. The molecule has 0 N–H and O–H groups in total. The van der Waals surface area contributed by atoms with Crippen molar-refractivity contribution in [1.29, 1.82) is 0 Å². The van der Waals surface area contributed by atoms with E-state index in [1.807, 2.05) is 42.5 Å². The average molecular weight is 401 g/mol. The van der Waals surface area contributed by atoms with Crippen LogP contribution in [0.5, 0.6) is 0 Å². The molecule has 4 rings (SSSR count). The summed E-state index contributed by atoms with van der Waals surface area (Å²) in [5.41, 5.74) is 2.08. The van der Waals surface area contributed by atoms with Gasteiger partial charge in [0.25, 0.3) is 0 Å². The number of tetrazole rings is 1. The van der Waals surface area contributed by atoms with Gasteiger partial charge in [0.05, 0.1) is 12.9 Å². The summed E-state index contributed by atoms with van der Waals surface area (Å²) >= 11 is 0. The van der Waals surface area contributed by atoms with E-state index in [0.29, 0.717) is 18.0 Å². The summed E-state index contributed by atoms with van der Waals surface area (Å²) in [5.74, 6) is 0.390. The van der Waals surface area contributed by atoms with Gasteiger partial charge in [-0.2, -0.15) is 4.68 Å². The van der Waals surface area contributed by atoms with Crippen LogP contribution in [0.1, 0.15) is 17.7 Å². The minimum absolute atomic E-state index is 0.165. The van der Waals surface area contributed by atoms with E-state index < -0.39 is 5.97 Å². The summed E-state index contributed by atoms with van der Waals surface area (Å²) in [7, 11) is 0. The van der Waals surface area contributed by atoms with Crippen molar-refractivity contribution in [2.45, 2.75) is 12.8 Å². The highest BCUT2D eigenvalue weighted by Crippen LogP contribution is 2.21. The molecule has 4 aromatic rings. The molecule has 150 valence electrons. The molecule has 0 spiro atoms. The number of hydrogen-bond acceptors (Lipinski definition) is 7. The van der Waals surface area contributed by atoms with Gasteiger partial charge >= 0.3 is 5.97 Å². The highest BCUT2D eigenvalue weighted by molar-refractivity contribution is 6.15. The monoisotopic (exact) mass is 401 g/mol. The van der Waals surface area contributed by atoms with Crippen molar-refractivity contribution in [3.05, 3.63) is 84.6 Å². The van der Waals surface area contributed by atoms with Crippen molar-refractivity contribution in [2.75, 3.05) is 6.61 Å². The van der Waals surface area contributed by atoms with Gasteiger partial charge in [0, 0.05) is 24.0 Å². The Balaban J connectivity index is 1.53. The predicted molar refractivity (Wildman–Crippen MR) is 110 cm³/mol. The predicted octanol–water partition coefficient (Wildman–Crippen LogP) is 3.50. The molecular weight excluding hydrogens is 382 g/mol. The Morgan fingerprint density at radius 3 is 2.67 bits per heavy atom. The lowest BCUT2D eigenvalue weighted by Crippen LogP contribution is -2.15. The second kappa shape index (κ2) is 9.42. The van der Waals surface area contributed by atoms with Crippen molar-refractivity contribution < 1.29 is 13.9 Å². The molecule has 30 heavy (non-hydrogen) atoms. The Labute approximate surface area is 172 Å². The van der Waals surface area contributed by atoms with Crippen LogP contribution in [0.3, 0.4) is 0 Å². The van der Waals surface area contributed by atoms with Crippen LogP contribution in [0, 0.1) is 0 Å². The molecule has 0 unspecified atom stereocenters. The molecule has 0 aliphatic rings. The number of esters is 1. The summed E-state index contributed by atoms with van der Waals surface area (Å²) in [6.45, 7) is 0.263. The first-order valence-electron chi connectivity index (χ1n) is 9.46. The van der Waals surface area contributed by atoms with Gasteiger partial charge in [0.15, 0.2) is 11.5 Å². The van der Waals surface area contributed by atoms with Crippen molar-refractivity contribution >= 4 is 17.7 Å². The van der Waals surface area contributed by atoms with Crippen molar-refractivity contribution in [1.82, 2.24) is 25.2 Å². The van der Waals surface area contributed by atoms with Gasteiger partial charge in [-0.1, -0.05) is 30.3 Å². The SMILES string of the molecule is O=C(OCCCc1ccncc1)/C(=C\c1ccco1)n1nnnc1-c1ccccc1. The number of hydrogen-bond donors (Lipinski definition) is 0. The van der Waals surface area contributed by atoms with Crippen molar-refractivity contribution in [3.8, 4) is 11.4 Å². The molecule has 0 bridgehead atoms. The molecule has 3 heterocycles. The lowest BCUT2D eigenvalue weighted by atomic mass is 10.1. The van der Waals surface area contributed by atoms with Gasteiger partial charge in [-0.05, 0) is 53.1 Å². The first-order chi connectivity index (χ1) is 14.8. The number of ether oxygens (including phenoxy) is 1. The number of nitrogens with zero attached hydrogens (tertiary/aromatic N) is 5. The Kier molecular flexibility index (Phi) is 6.05. The average Bonchev–Trinajstić information content (AvgIpc) is 3.48. The van der Waals surface area contributed by atoms with Crippen molar-refractivity contribution in [3.63, 3.8) is 0 Å². The number of rotatable bonds is 8. The summed E-state index contributed by atoms with van der Waals surface area (Å²) in [6.07, 6.45) is 8.05. The topological polar surface area (TPSA) is 95.9 Å². The highest BCUT2D eigenvalue weighted by atomic mass is 16.5. The summed E-state index contributed by atoms with van der Waals surface area (Å²) in [4.78, 5) is 16.9. The standard InChI is InChI=1S/C22H19N5O3/c28-22(30-15-4-6-17-10-12-23-13-11-17)20(16-19-9-5-14-29-19)27-21(24-25-26-27)18-7-2-1-3-8-18/h1-3,5,7-14,16H,4,6,15H2/b20-16+. The third-order valence-corrected chi connectivity index (χ3v) is 4.35. The molecule has 0 amide bonds. The lowest BCUT2D eigenvalue weighted by Gasteiger charge is -2.10. The van der Waals surface area contributed by atoms with E-state index in [1.165, 1.54) is 10.9 Å². The second-order valence-corrected chi connectivity index (χ2v) is 6.42. The Bertz CT molecular complexity index is 1110.